The van der Waals surface area contributed by atoms with Crippen molar-refractivity contribution in [3.63, 3.8) is 0 Å². The van der Waals surface area contributed by atoms with Gasteiger partial charge in [0.25, 0.3) is 0 Å². The van der Waals surface area contributed by atoms with Gasteiger partial charge in [-0.2, -0.15) is 0 Å². The molecule has 16 heavy (non-hydrogen) atoms. The van der Waals surface area contributed by atoms with Gasteiger partial charge in [0.2, 0.25) is 0 Å². The van der Waals surface area contributed by atoms with Crippen molar-refractivity contribution in [2.75, 3.05) is 20.8 Å². The van der Waals surface area contributed by atoms with Crippen LogP contribution in [-0.4, -0.2) is 20.8 Å². The number of hydrogen-bond acceptors (Lipinski definition) is 3. The lowest BCUT2D eigenvalue weighted by atomic mass is 10.1. The molecule has 0 bridgehead atoms. The zero-order chi connectivity index (χ0) is 12.0. The Morgan fingerprint density at radius 1 is 1.19 bits per heavy atom. The Labute approximate surface area is 101 Å². The average molecular weight is 244 g/mol. The standard InChI is InChI=1S/C12H18ClNO2/c1-15-10-7-6-9(5-3-4-8-14)12(16-2)11(10)13/h6-7H,3-5,8,14H2,1-2H3. The van der Waals surface area contributed by atoms with Gasteiger partial charge in [-0.05, 0) is 37.4 Å². The van der Waals surface area contributed by atoms with Gasteiger partial charge in [0, 0.05) is 0 Å². The summed E-state index contributed by atoms with van der Waals surface area (Å²) >= 11 is 6.15. The van der Waals surface area contributed by atoms with Gasteiger partial charge >= 0.3 is 0 Å². The lowest BCUT2D eigenvalue weighted by molar-refractivity contribution is 0.391. The molecule has 4 heteroatoms. The molecule has 0 heterocycles. The zero-order valence-corrected chi connectivity index (χ0v) is 10.5. The molecule has 0 saturated carbocycles. The maximum atomic E-state index is 6.15. The smallest absolute Gasteiger partial charge is 0.144 e. The average Bonchev–Trinajstić information content (AvgIpc) is 2.30. The molecule has 0 fully saturated rings. The van der Waals surface area contributed by atoms with Crippen molar-refractivity contribution in [3.05, 3.63) is 22.7 Å². The number of aryl methyl sites for hydroxylation is 1. The minimum atomic E-state index is 0.537. The van der Waals surface area contributed by atoms with Crippen LogP contribution in [0.1, 0.15) is 18.4 Å². The number of methoxy groups -OCH3 is 2. The summed E-state index contributed by atoms with van der Waals surface area (Å²) in [6.07, 6.45) is 2.96. The Morgan fingerprint density at radius 3 is 2.50 bits per heavy atom. The Balaban J connectivity index is 2.88. The van der Waals surface area contributed by atoms with Crippen LogP contribution in [0.15, 0.2) is 12.1 Å². The number of ether oxygens (including phenoxy) is 2. The number of nitrogens with two attached hydrogens (primary N) is 1. The lowest BCUT2D eigenvalue weighted by Crippen LogP contribution is -2.00. The lowest BCUT2D eigenvalue weighted by Gasteiger charge is -2.12. The van der Waals surface area contributed by atoms with E-state index in [1.54, 1.807) is 14.2 Å². The van der Waals surface area contributed by atoms with Crippen LogP contribution in [0.3, 0.4) is 0 Å². The molecule has 0 aliphatic carbocycles. The molecular weight excluding hydrogens is 226 g/mol. The minimum absolute atomic E-state index is 0.537. The summed E-state index contributed by atoms with van der Waals surface area (Å²) in [5.41, 5.74) is 6.56. The van der Waals surface area contributed by atoms with Gasteiger partial charge in [0.15, 0.2) is 0 Å². The van der Waals surface area contributed by atoms with Crippen LogP contribution in [0.2, 0.25) is 5.02 Å². The second kappa shape index (κ2) is 6.61. The number of rotatable bonds is 6. The second-order valence-electron chi connectivity index (χ2n) is 3.52. The summed E-state index contributed by atoms with van der Waals surface area (Å²) in [5.74, 6) is 1.35. The van der Waals surface area contributed by atoms with Crippen LogP contribution < -0.4 is 15.2 Å². The summed E-state index contributed by atoms with van der Waals surface area (Å²) < 4.78 is 10.4. The van der Waals surface area contributed by atoms with Crippen LogP contribution in [-0.2, 0) is 6.42 Å². The molecule has 90 valence electrons. The molecule has 0 saturated heterocycles. The third-order valence-electron chi connectivity index (χ3n) is 2.47. The SMILES string of the molecule is COc1ccc(CCCCN)c(OC)c1Cl. The van der Waals surface area contributed by atoms with Gasteiger partial charge in [-0.3, -0.25) is 0 Å². The van der Waals surface area contributed by atoms with E-state index in [4.69, 9.17) is 26.8 Å². The van der Waals surface area contributed by atoms with Crippen molar-refractivity contribution >= 4 is 11.6 Å². The number of hydrogen-bond donors (Lipinski definition) is 1. The first kappa shape index (κ1) is 13.1. The fraction of sp³-hybridized carbons (Fsp3) is 0.500. The van der Waals surface area contributed by atoms with Gasteiger partial charge in [-0.25, -0.2) is 0 Å². The maximum absolute atomic E-state index is 6.15. The summed E-state index contributed by atoms with van der Waals surface area (Å²) in [7, 11) is 3.21. The van der Waals surface area contributed by atoms with Crippen molar-refractivity contribution in [1.82, 2.24) is 0 Å². The van der Waals surface area contributed by atoms with Crippen molar-refractivity contribution in [1.29, 1.82) is 0 Å². The second-order valence-corrected chi connectivity index (χ2v) is 3.90. The van der Waals surface area contributed by atoms with E-state index in [1.807, 2.05) is 12.1 Å². The fourth-order valence-electron chi connectivity index (χ4n) is 1.61. The van der Waals surface area contributed by atoms with Crippen molar-refractivity contribution in [2.45, 2.75) is 19.3 Å². The Hall–Kier alpha value is -0.930. The largest absolute Gasteiger partial charge is 0.495 e. The zero-order valence-electron chi connectivity index (χ0n) is 9.75. The highest BCUT2D eigenvalue weighted by atomic mass is 35.5. The molecule has 3 nitrogen and oxygen atoms in total. The molecule has 1 aromatic rings. The van der Waals surface area contributed by atoms with E-state index < -0.39 is 0 Å². The molecule has 2 N–H and O–H groups in total. The highest BCUT2D eigenvalue weighted by Gasteiger charge is 2.12. The summed E-state index contributed by atoms with van der Waals surface area (Å²) in [4.78, 5) is 0. The van der Waals surface area contributed by atoms with Crippen molar-refractivity contribution in [2.24, 2.45) is 5.73 Å². The normalized spacial score (nSPS) is 10.2. The predicted molar refractivity (Wildman–Crippen MR) is 66.5 cm³/mol. The van der Waals surface area contributed by atoms with Gasteiger partial charge in [-0.15, -0.1) is 0 Å². The fourth-order valence-corrected chi connectivity index (χ4v) is 1.95. The maximum Gasteiger partial charge on any atom is 0.144 e. The van der Waals surface area contributed by atoms with E-state index in [0.29, 0.717) is 23.1 Å². The van der Waals surface area contributed by atoms with Crippen molar-refractivity contribution < 1.29 is 9.47 Å². The van der Waals surface area contributed by atoms with E-state index in [-0.39, 0.29) is 0 Å². The van der Waals surface area contributed by atoms with Crippen LogP contribution >= 0.6 is 11.6 Å². The monoisotopic (exact) mass is 243 g/mol. The first-order valence-corrected chi connectivity index (χ1v) is 5.71. The van der Waals surface area contributed by atoms with E-state index in [0.717, 1.165) is 24.8 Å². The van der Waals surface area contributed by atoms with E-state index in [2.05, 4.69) is 0 Å². The molecule has 1 aromatic carbocycles. The molecule has 0 amide bonds. The summed E-state index contributed by atoms with van der Waals surface area (Å²) in [5, 5.41) is 0.537. The number of benzene rings is 1. The highest BCUT2D eigenvalue weighted by molar-refractivity contribution is 6.33. The van der Waals surface area contributed by atoms with Crippen LogP contribution in [0.5, 0.6) is 11.5 Å². The first-order valence-electron chi connectivity index (χ1n) is 5.34. The molecule has 0 atom stereocenters. The molecule has 0 unspecified atom stereocenters. The topological polar surface area (TPSA) is 44.5 Å². The van der Waals surface area contributed by atoms with E-state index in [1.165, 1.54) is 0 Å². The molecule has 0 spiro atoms. The molecule has 0 aliphatic heterocycles. The van der Waals surface area contributed by atoms with E-state index >= 15 is 0 Å². The van der Waals surface area contributed by atoms with Crippen molar-refractivity contribution in [3.8, 4) is 11.5 Å². The molecular formula is C12H18ClNO2. The summed E-state index contributed by atoms with van der Waals surface area (Å²) in [6.45, 7) is 0.714. The van der Waals surface area contributed by atoms with Gasteiger partial charge in [-0.1, -0.05) is 17.7 Å². The number of halogens is 1. The molecule has 1 rings (SSSR count). The third-order valence-corrected chi connectivity index (χ3v) is 2.83. The Morgan fingerprint density at radius 2 is 1.94 bits per heavy atom. The molecule has 0 radical (unpaired) electrons. The van der Waals surface area contributed by atoms with Crippen LogP contribution in [0, 0.1) is 0 Å². The number of unbranched alkanes of at least 4 members (excludes halogenated alkanes) is 1. The molecule has 0 aromatic heterocycles. The quantitative estimate of drug-likeness (QED) is 0.782. The predicted octanol–water partition coefficient (Wildman–Crippen LogP) is 2.64. The molecule has 0 aliphatic rings. The minimum Gasteiger partial charge on any atom is -0.495 e. The van der Waals surface area contributed by atoms with Crippen LogP contribution in [0.25, 0.3) is 0 Å². The van der Waals surface area contributed by atoms with Crippen LogP contribution in [0.4, 0.5) is 0 Å². The van der Waals surface area contributed by atoms with Gasteiger partial charge < -0.3 is 15.2 Å². The van der Waals surface area contributed by atoms with E-state index in [9.17, 15) is 0 Å². The third kappa shape index (κ3) is 3.03. The highest BCUT2D eigenvalue weighted by Crippen LogP contribution is 2.37. The van der Waals surface area contributed by atoms with Gasteiger partial charge in [0.05, 0.1) is 14.2 Å². The Bertz CT molecular complexity index is 342. The first-order chi connectivity index (χ1) is 7.74. The Kier molecular flexibility index (Phi) is 5.43. The van der Waals surface area contributed by atoms with Gasteiger partial charge in [0.1, 0.15) is 16.5 Å². The summed E-state index contributed by atoms with van der Waals surface area (Å²) in [6, 6.07) is 3.85.